The average molecular weight is 260 g/mol. The Bertz CT molecular complexity index is 558. The lowest BCUT2D eigenvalue weighted by molar-refractivity contribution is 0.281. The minimum atomic E-state index is -0.346. The molecule has 0 radical (unpaired) electrons. The molecule has 1 aromatic heterocycles. The van der Waals surface area contributed by atoms with Gasteiger partial charge in [-0.3, -0.25) is 4.98 Å². The third-order valence-corrected chi connectivity index (χ3v) is 2.89. The molecule has 1 aromatic carbocycles. The van der Waals surface area contributed by atoms with E-state index < -0.39 is 0 Å². The zero-order chi connectivity index (χ0) is 13.7. The van der Waals surface area contributed by atoms with Crippen LogP contribution in [-0.4, -0.2) is 12.0 Å². The predicted molar refractivity (Wildman–Crippen MR) is 72.5 cm³/mol. The van der Waals surface area contributed by atoms with E-state index in [1.54, 1.807) is 12.3 Å². The number of ether oxygens (including phenoxy) is 1. The van der Waals surface area contributed by atoms with E-state index in [4.69, 9.17) is 4.74 Å². The van der Waals surface area contributed by atoms with Crippen molar-refractivity contribution < 1.29 is 9.13 Å². The number of aryl methyl sites for hydroxylation is 1. The van der Waals surface area contributed by atoms with Gasteiger partial charge in [-0.2, -0.15) is 0 Å². The quantitative estimate of drug-likeness (QED) is 0.897. The lowest BCUT2D eigenvalue weighted by atomic mass is 10.2. The van der Waals surface area contributed by atoms with E-state index in [1.807, 2.05) is 32.2 Å². The Balaban J connectivity index is 2.17. The van der Waals surface area contributed by atoms with Crippen LogP contribution in [0.1, 0.15) is 16.8 Å². The van der Waals surface area contributed by atoms with Crippen LogP contribution in [0.2, 0.25) is 0 Å². The van der Waals surface area contributed by atoms with Crippen LogP contribution >= 0.6 is 0 Å². The fourth-order valence-corrected chi connectivity index (χ4v) is 1.85. The Hall–Kier alpha value is -1.94. The van der Waals surface area contributed by atoms with Gasteiger partial charge in [0, 0.05) is 18.3 Å². The van der Waals surface area contributed by atoms with Crippen LogP contribution in [0.5, 0.6) is 5.75 Å². The maximum atomic E-state index is 13.8. The second kappa shape index (κ2) is 6.29. The minimum Gasteiger partial charge on any atom is -0.484 e. The van der Waals surface area contributed by atoms with Gasteiger partial charge in [-0.05, 0) is 31.7 Å². The average Bonchev–Trinajstić information content (AvgIpc) is 2.40. The van der Waals surface area contributed by atoms with Gasteiger partial charge in [-0.15, -0.1) is 0 Å². The molecule has 0 bridgehead atoms. The van der Waals surface area contributed by atoms with Crippen molar-refractivity contribution in [2.24, 2.45) is 0 Å². The number of hydrogen-bond acceptors (Lipinski definition) is 3. The Kier molecular flexibility index (Phi) is 4.47. The van der Waals surface area contributed by atoms with Crippen molar-refractivity contribution in [2.75, 3.05) is 7.05 Å². The number of rotatable bonds is 5. The molecular weight excluding hydrogens is 243 g/mol. The van der Waals surface area contributed by atoms with Gasteiger partial charge >= 0.3 is 0 Å². The fraction of sp³-hybridized carbons (Fsp3) is 0.267. The first-order chi connectivity index (χ1) is 9.22. The summed E-state index contributed by atoms with van der Waals surface area (Å²) in [6.45, 7) is 2.79. The van der Waals surface area contributed by atoms with Gasteiger partial charge in [0.15, 0.2) is 11.6 Å². The normalized spacial score (nSPS) is 10.5. The topological polar surface area (TPSA) is 34.1 Å². The third kappa shape index (κ3) is 3.29. The first kappa shape index (κ1) is 13.5. The molecule has 2 aromatic rings. The molecular formula is C15H17FN2O. The number of hydrogen-bond donors (Lipinski definition) is 1. The summed E-state index contributed by atoms with van der Waals surface area (Å²) in [5, 5.41) is 3.00. The molecule has 0 aliphatic rings. The number of nitrogens with one attached hydrogen (secondary N) is 1. The smallest absolute Gasteiger partial charge is 0.165 e. The lowest BCUT2D eigenvalue weighted by Crippen LogP contribution is -2.09. The highest BCUT2D eigenvalue weighted by molar-refractivity contribution is 5.35. The van der Waals surface area contributed by atoms with Gasteiger partial charge in [-0.25, -0.2) is 4.39 Å². The molecule has 0 saturated heterocycles. The number of para-hydroxylation sites is 1. The zero-order valence-corrected chi connectivity index (χ0v) is 11.1. The molecule has 0 fully saturated rings. The number of pyridine rings is 1. The van der Waals surface area contributed by atoms with Gasteiger partial charge in [0.1, 0.15) is 6.61 Å². The Morgan fingerprint density at radius 2 is 2.11 bits per heavy atom. The summed E-state index contributed by atoms with van der Waals surface area (Å²) in [6, 6.07) is 8.76. The molecule has 2 rings (SSSR count). The molecule has 0 unspecified atom stereocenters. The highest BCUT2D eigenvalue weighted by Crippen LogP contribution is 2.23. The largest absolute Gasteiger partial charge is 0.484 e. The van der Waals surface area contributed by atoms with Crippen molar-refractivity contribution in [2.45, 2.75) is 20.1 Å². The van der Waals surface area contributed by atoms with Crippen molar-refractivity contribution in [1.29, 1.82) is 0 Å². The summed E-state index contributed by atoms with van der Waals surface area (Å²) < 4.78 is 19.4. The van der Waals surface area contributed by atoms with E-state index in [1.165, 1.54) is 6.07 Å². The highest BCUT2D eigenvalue weighted by atomic mass is 19.1. The molecule has 3 nitrogen and oxygen atoms in total. The second-order valence-electron chi connectivity index (χ2n) is 4.31. The first-order valence-electron chi connectivity index (χ1n) is 6.17. The Morgan fingerprint density at radius 3 is 2.84 bits per heavy atom. The first-order valence-corrected chi connectivity index (χ1v) is 6.17. The molecule has 0 spiro atoms. The summed E-state index contributed by atoms with van der Waals surface area (Å²) in [5.74, 6) is -0.0526. The van der Waals surface area contributed by atoms with Crippen molar-refractivity contribution >= 4 is 0 Å². The van der Waals surface area contributed by atoms with E-state index >= 15 is 0 Å². The minimum absolute atomic E-state index is 0.268. The van der Waals surface area contributed by atoms with Crippen molar-refractivity contribution in [3.63, 3.8) is 0 Å². The SMILES string of the molecule is CNCc1cccc(F)c1OCc1ncccc1C. The summed E-state index contributed by atoms with van der Waals surface area (Å²) in [7, 11) is 1.82. The summed E-state index contributed by atoms with van der Waals surface area (Å²) in [6.07, 6.45) is 1.71. The van der Waals surface area contributed by atoms with E-state index in [0.29, 0.717) is 12.3 Å². The van der Waals surface area contributed by atoms with Crippen LogP contribution in [0.4, 0.5) is 4.39 Å². The van der Waals surface area contributed by atoms with Gasteiger partial charge < -0.3 is 10.1 Å². The lowest BCUT2D eigenvalue weighted by Gasteiger charge is -2.12. The molecule has 0 amide bonds. The van der Waals surface area contributed by atoms with Gasteiger partial charge in [0.05, 0.1) is 5.69 Å². The number of nitrogens with zero attached hydrogens (tertiary/aromatic N) is 1. The molecule has 0 saturated carbocycles. The van der Waals surface area contributed by atoms with Gasteiger partial charge in [0.2, 0.25) is 0 Å². The van der Waals surface area contributed by atoms with Crippen LogP contribution in [0, 0.1) is 12.7 Å². The molecule has 4 heteroatoms. The third-order valence-electron chi connectivity index (χ3n) is 2.89. The summed E-state index contributed by atoms with van der Waals surface area (Å²) in [5.41, 5.74) is 2.66. The standard InChI is InChI=1S/C15H17FN2O/c1-11-5-4-8-18-14(11)10-19-15-12(9-17-2)6-3-7-13(15)16/h3-8,17H,9-10H2,1-2H3. The van der Waals surface area contributed by atoms with Crippen LogP contribution in [0.25, 0.3) is 0 Å². The van der Waals surface area contributed by atoms with Crippen LogP contribution in [0.15, 0.2) is 36.5 Å². The number of benzene rings is 1. The van der Waals surface area contributed by atoms with E-state index in [-0.39, 0.29) is 12.4 Å². The van der Waals surface area contributed by atoms with Crippen LogP contribution in [-0.2, 0) is 13.2 Å². The van der Waals surface area contributed by atoms with E-state index in [9.17, 15) is 4.39 Å². The van der Waals surface area contributed by atoms with Gasteiger partial charge in [0.25, 0.3) is 0 Å². The van der Waals surface area contributed by atoms with Crippen LogP contribution < -0.4 is 10.1 Å². The highest BCUT2D eigenvalue weighted by Gasteiger charge is 2.10. The summed E-state index contributed by atoms with van der Waals surface area (Å²) in [4.78, 5) is 4.24. The number of aromatic nitrogens is 1. The molecule has 0 aliphatic heterocycles. The monoisotopic (exact) mass is 260 g/mol. The molecule has 100 valence electrons. The molecule has 0 atom stereocenters. The molecule has 19 heavy (non-hydrogen) atoms. The molecule has 0 aliphatic carbocycles. The fourth-order valence-electron chi connectivity index (χ4n) is 1.85. The number of halogens is 1. The molecule has 1 heterocycles. The molecule has 1 N–H and O–H groups in total. The summed E-state index contributed by atoms with van der Waals surface area (Å²) >= 11 is 0. The Labute approximate surface area is 112 Å². The van der Waals surface area contributed by atoms with E-state index in [2.05, 4.69) is 10.3 Å². The maximum Gasteiger partial charge on any atom is 0.165 e. The zero-order valence-electron chi connectivity index (χ0n) is 11.1. The van der Waals surface area contributed by atoms with Crippen molar-refractivity contribution in [3.8, 4) is 5.75 Å². The van der Waals surface area contributed by atoms with E-state index in [0.717, 1.165) is 16.8 Å². The Morgan fingerprint density at radius 1 is 1.26 bits per heavy atom. The maximum absolute atomic E-state index is 13.8. The second-order valence-corrected chi connectivity index (χ2v) is 4.31. The van der Waals surface area contributed by atoms with Gasteiger partial charge in [-0.1, -0.05) is 18.2 Å². The van der Waals surface area contributed by atoms with Crippen molar-refractivity contribution in [3.05, 3.63) is 59.2 Å². The predicted octanol–water partition coefficient (Wildman–Crippen LogP) is 2.83. The van der Waals surface area contributed by atoms with Crippen molar-refractivity contribution in [1.82, 2.24) is 10.3 Å². The van der Waals surface area contributed by atoms with Crippen LogP contribution in [0.3, 0.4) is 0 Å².